The summed E-state index contributed by atoms with van der Waals surface area (Å²) in [5, 5.41) is 12.3. The van der Waals surface area contributed by atoms with Crippen LogP contribution in [-0.4, -0.2) is 0 Å². The maximum atomic E-state index is 9.04. The SMILES string of the molecule is N#Cc1cc(N)ccc1Nc1ccccc1I. The van der Waals surface area contributed by atoms with Crippen LogP contribution in [0, 0.1) is 14.9 Å². The number of nitrogens with two attached hydrogens (primary N) is 1. The summed E-state index contributed by atoms with van der Waals surface area (Å²) < 4.78 is 1.10. The molecule has 3 nitrogen and oxygen atoms in total. The molecule has 3 N–H and O–H groups in total. The number of para-hydroxylation sites is 1. The van der Waals surface area contributed by atoms with Gasteiger partial charge in [0.15, 0.2) is 0 Å². The molecule has 0 aliphatic heterocycles. The standard InChI is InChI=1S/C13H10IN3/c14-11-3-1-2-4-13(11)17-12-6-5-10(16)7-9(12)8-15/h1-7,17H,16H2. The maximum Gasteiger partial charge on any atom is 0.101 e. The van der Waals surface area contributed by atoms with E-state index in [0.29, 0.717) is 11.3 Å². The van der Waals surface area contributed by atoms with E-state index in [4.69, 9.17) is 11.0 Å². The lowest BCUT2D eigenvalue weighted by Crippen LogP contribution is -1.96. The van der Waals surface area contributed by atoms with Crippen LogP contribution in [-0.2, 0) is 0 Å². The van der Waals surface area contributed by atoms with Gasteiger partial charge >= 0.3 is 0 Å². The number of benzene rings is 2. The first-order chi connectivity index (χ1) is 8.20. The number of rotatable bonds is 2. The zero-order valence-corrected chi connectivity index (χ0v) is 11.1. The third kappa shape index (κ3) is 2.68. The van der Waals surface area contributed by atoms with E-state index in [-0.39, 0.29) is 0 Å². The molecular weight excluding hydrogens is 325 g/mol. The third-order valence-electron chi connectivity index (χ3n) is 2.31. The second kappa shape index (κ2) is 5.06. The summed E-state index contributed by atoms with van der Waals surface area (Å²) in [6.07, 6.45) is 0. The van der Waals surface area contributed by atoms with Gasteiger partial charge in [0.2, 0.25) is 0 Å². The van der Waals surface area contributed by atoms with E-state index in [2.05, 4.69) is 34.0 Å². The predicted octanol–water partition coefficient (Wildman–Crippen LogP) is 3.49. The molecule has 0 saturated carbocycles. The minimum atomic E-state index is 0.546. The summed E-state index contributed by atoms with van der Waals surface area (Å²) in [4.78, 5) is 0. The summed E-state index contributed by atoms with van der Waals surface area (Å²) in [5.41, 5.74) is 8.53. The van der Waals surface area contributed by atoms with Crippen molar-refractivity contribution in [1.82, 2.24) is 0 Å². The quantitative estimate of drug-likeness (QED) is 0.652. The molecule has 0 bridgehead atoms. The van der Waals surface area contributed by atoms with Gasteiger partial charge < -0.3 is 11.1 Å². The van der Waals surface area contributed by atoms with Crippen LogP contribution >= 0.6 is 22.6 Å². The van der Waals surface area contributed by atoms with Crippen LogP contribution in [0.2, 0.25) is 0 Å². The number of nitrogen functional groups attached to an aromatic ring is 1. The predicted molar refractivity (Wildman–Crippen MR) is 78.0 cm³/mol. The zero-order chi connectivity index (χ0) is 12.3. The Morgan fingerprint density at radius 3 is 2.59 bits per heavy atom. The van der Waals surface area contributed by atoms with Crippen molar-refractivity contribution in [3.05, 3.63) is 51.6 Å². The van der Waals surface area contributed by atoms with Crippen LogP contribution in [0.5, 0.6) is 0 Å². The number of halogens is 1. The molecule has 0 aliphatic carbocycles. The number of hydrogen-bond acceptors (Lipinski definition) is 3. The summed E-state index contributed by atoms with van der Waals surface area (Å²) in [6, 6.07) is 15.3. The van der Waals surface area contributed by atoms with Gasteiger partial charge in [-0.3, -0.25) is 0 Å². The molecule has 0 saturated heterocycles. The van der Waals surface area contributed by atoms with E-state index < -0.39 is 0 Å². The number of hydrogen-bond donors (Lipinski definition) is 2. The average Bonchev–Trinajstić information content (AvgIpc) is 2.34. The summed E-state index contributed by atoms with van der Waals surface area (Å²) >= 11 is 2.25. The van der Waals surface area contributed by atoms with Gasteiger partial charge in [-0.2, -0.15) is 5.26 Å². The molecule has 0 fully saturated rings. The van der Waals surface area contributed by atoms with E-state index in [1.54, 1.807) is 12.1 Å². The molecule has 0 aromatic heterocycles. The highest BCUT2D eigenvalue weighted by molar-refractivity contribution is 14.1. The second-order valence-corrected chi connectivity index (χ2v) is 4.68. The molecule has 0 heterocycles. The van der Waals surface area contributed by atoms with Crippen molar-refractivity contribution in [1.29, 1.82) is 5.26 Å². The highest BCUT2D eigenvalue weighted by atomic mass is 127. The highest BCUT2D eigenvalue weighted by Crippen LogP contribution is 2.25. The van der Waals surface area contributed by atoms with Crippen molar-refractivity contribution < 1.29 is 0 Å². The van der Waals surface area contributed by atoms with Crippen LogP contribution in [0.25, 0.3) is 0 Å². The lowest BCUT2D eigenvalue weighted by Gasteiger charge is -2.10. The fourth-order valence-electron chi connectivity index (χ4n) is 1.47. The Morgan fingerprint density at radius 2 is 1.88 bits per heavy atom. The number of nitrogens with zero attached hydrogens (tertiary/aromatic N) is 1. The third-order valence-corrected chi connectivity index (χ3v) is 3.25. The van der Waals surface area contributed by atoms with Gasteiger partial charge in [0.05, 0.1) is 16.9 Å². The fraction of sp³-hybridized carbons (Fsp3) is 0. The number of nitrogens with one attached hydrogen (secondary N) is 1. The number of nitriles is 1. The van der Waals surface area contributed by atoms with Crippen LogP contribution < -0.4 is 11.1 Å². The van der Waals surface area contributed by atoms with Crippen molar-refractivity contribution in [2.24, 2.45) is 0 Å². The largest absolute Gasteiger partial charge is 0.399 e. The summed E-state index contributed by atoms with van der Waals surface area (Å²) in [7, 11) is 0. The minimum absolute atomic E-state index is 0.546. The van der Waals surface area contributed by atoms with Gasteiger partial charge in [-0.05, 0) is 52.9 Å². The Kier molecular flexibility index (Phi) is 3.49. The second-order valence-electron chi connectivity index (χ2n) is 3.52. The molecule has 0 amide bonds. The van der Waals surface area contributed by atoms with E-state index >= 15 is 0 Å². The smallest absolute Gasteiger partial charge is 0.101 e. The Bertz CT molecular complexity index is 587. The molecular formula is C13H10IN3. The first-order valence-corrected chi connectivity index (χ1v) is 6.10. The van der Waals surface area contributed by atoms with E-state index in [1.807, 2.05) is 30.3 Å². The first kappa shape index (κ1) is 11.7. The highest BCUT2D eigenvalue weighted by Gasteiger charge is 2.04. The van der Waals surface area contributed by atoms with Gasteiger partial charge in [0.25, 0.3) is 0 Å². The van der Waals surface area contributed by atoms with E-state index in [9.17, 15) is 0 Å². The van der Waals surface area contributed by atoms with Gasteiger partial charge in [-0.1, -0.05) is 12.1 Å². The Labute approximate surface area is 113 Å². The van der Waals surface area contributed by atoms with Gasteiger partial charge in [0, 0.05) is 9.26 Å². The Hall–Kier alpha value is -1.74. The normalized spacial score (nSPS) is 9.65. The molecule has 2 rings (SSSR count). The van der Waals surface area contributed by atoms with Crippen LogP contribution in [0.3, 0.4) is 0 Å². The minimum Gasteiger partial charge on any atom is -0.399 e. The molecule has 0 aliphatic rings. The summed E-state index contributed by atoms with van der Waals surface area (Å²) in [5.74, 6) is 0. The Morgan fingerprint density at radius 1 is 1.12 bits per heavy atom. The molecule has 2 aromatic carbocycles. The van der Waals surface area contributed by atoms with Crippen molar-refractivity contribution >= 4 is 39.7 Å². The van der Waals surface area contributed by atoms with Crippen molar-refractivity contribution in [2.45, 2.75) is 0 Å². The van der Waals surface area contributed by atoms with Crippen molar-refractivity contribution in [3.63, 3.8) is 0 Å². The molecule has 4 heteroatoms. The molecule has 0 spiro atoms. The van der Waals surface area contributed by atoms with Crippen LogP contribution in [0.4, 0.5) is 17.1 Å². The van der Waals surface area contributed by atoms with Crippen LogP contribution in [0.15, 0.2) is 42.5 Å². The van der Waals surface area contributed by atoms with E-state index in [0.717, 1.165) is 14.9 Å². The lowest BCUT2D eigenvalue weighted by molar-refractivity contribution is 1.45. The summed E-state index contributed by atoms with van der Waals surface area (Å²) in [6.45, 7) is 0. The molecule has 84 valence electrons. The van der Waals surface area contributed by atoms with Gasteiger partial charge in [0.1, 0.15) is 6.07 Å². The van der Waals surface area contributed by atoms with Gasteiger partial charge in [-0.15, -0.1) is 0 Å². The first-order valence-electron chi connectivity index (χ1n) is 5.02. The average molecular weight is 335 g/mol. The number of anilines is 3. The van der Waals surface area contributed by atoms with Gasteiger partial charge in [-0.25, -0.2) is 0 Å². The lowest BCUT2D eigenvalue weighted by atomic mass is 10.1. The molecule has 0 atom stereocenters. The molecule has 17 heavy (non-hydrogen) atoms. The topological polar surface area (TPSA) is 61.8 Å². The Balaban J connectivity index is 2.37. The monoisotopic (exact) mass is 335 g/mol. The fourth-order valence-corrected chi connectivity index (χ4v) is 1.99. The van der Waals surface area contributed by atoms with Crippen LogP contribution in [0.1, 0.15) is 5.56 Å². The maximum absolute atomic E-state index is 9.04. The van der Waals surface area contributed by atoms with Crippen molar-refractivity contribution in [3.8, 4) is 6.07 Å². The molecule has 2 aromatic rings. The molecule has 0 radical (unpaired) electrons. The van der Waals surface area contributed by atoms with Crippen molar-refractivity contribution in [2.75, 3.05) is 11.1 Å². The van der Waals surface area contributed by atoms with E-state index in [1.165, 1.54) is 0 Å². The molecule has 0 unspecified atom stereocenters. The zero-order valence-electron chi connectivity index (χ0n) is 8.94.